The molecule has 112 valence electrons. The minimum Gasteiger partial charge on any atom is -0.496 e. The standard InChI is InChI=1S/C18H21BrO2/c1-12-6-13(2)8-14(7-12)9-17(20)11-15-10-16(19)4-5-18(15)21-3/h4-8,10,17,20H,9,11H2,1-3H3. The maximum absolute atomic E-state index is 10.4. The summed E-state index contributed by atoms with van der Waals surface area (Å²) in [6.07, 6.45) is 0.808. The molecule has 0 bridgehead atoms. The molecule has 3 heteroatoms. The average molecular weight is 349 g/mol. The third-order valence-electron chi connectivity index (χ3n) is 3.45. The Kier molecular flexibility index (Phi) is 5.43. The highest BCUT2D eigenvalue weighted by atomic mass is 79.9. The van der Waals surface area contributed by atoms with Gasteiger partial charge in [0.15, 0.2) is 0 Å². The number of aryl methyl sites for hydroxylation is 2. The van der Waals surface area contributed by atoms with Gasteiger partial charge >= 0.3 is 0 Å². The zero-order chi connectivity index (χ0) is 15.4. The van der Waals surface area contributed by atoms with Gasteiger partial charge in [-0.15, -0.1) is 0 Å². The second-order valence-corrected chi connectivity index (χ2v) is 6.43. The van der Waals surface area contributed by atoms with Gasteiger partial charge in [-0.25, -0.2) is 0 Å². The summed E-state index contributed by atoms with van der Waals surface area (Å²) in [6.45, 7) is 4.17. The lowest BCUT2D eigenvalue weighted by Crippen LogP contribution is -2.14. The van der Waals surface area contributed by atoms with Gasteiger partial charge < -0.3 is 9.84 Å². The van der Waals surface area contributed by atoms with Crippen LogP contribution in [0.4, 0.5) is 0 Å². The first-order valence-electron chi connectivity index (χ1n) is 7.05. The number of rotatable bonds is 5. The molecule has 0 heterocycles. The van der Waals surface area contributed by atoms with Gasteiger partial charge in [-0.3, -0.25) is 0 Å². The Morgan fingerprint density at radius 3 is 2.33 bits per heavy atom. The van der Waals surface area contributed by atoms with Crippen LogP contribution in [0, 0.1) is 13.8 Å². The highest BCUT2D eigenvalue weighted by Gasteiger charge is 2.12. The van der Waals surface area contributed by atoms with Crippen LogP contribution in [0.1, 0.15) is 22.3 Å². The summed E-state index contributed by atoms with van der Waals surface area (Å²) in [5.74, 6) is 0.817. The van der Waals surface area contributed by atoms with E-state index in [4.69, 9.17) is 4.74 Å². The molecule has 0 saturated heterocycles. The van der Waals surface area contributed by atoms with Gasteiger partial charge in [0.1, 0.15) is 5.75 Å². The van der Waals surface area contributed by atoms with Crippen LogP contribution in [0.2, 0.25) is 0 Å². The summed E-state index contributed by atoms with van der Waals surface area (Å²) < 4.78 is 6.35. The molecule has 0 aromatic heterocycles. The third-order valence-corrected chi connectivity index (χ3v) is 3.94. The van der Waals surface area contributed by atoms with Gasteiger partial charge in [-0.2, -0.15) is 0 Å². The van der Waals surface area contributed by atoms with E-state index in [9.17, 15) is 5.11 Å². The first kappa shape index (κ1) is 16.1. The van der Waals surface area contributed by atoms with Crippen molar-refractivity contribution in [2.24, 2.45) is 0 Å². The Labute approximate surface area is 134 Å². The van der Waals surface area contributed by atoms with E-state index in [1.165, 1.54) is 16.7 Å². The Morgan fingerprint density at radius 1 is 1.05 bits per heavy atom. The van der Waals surface area contributed by atoms with Crippen molar-refractivity contribution < 1.29 is 9.84 Å². The quantitative estimate of drug-likeness (QED) is 0.876. The molecule has 0 fully saturated rings. The van der Waals surface area contributed by atoms with Crippen LogP contribution < -0.4 is 4.74 Å². The molecule has 0 aliphatic rings. The predicted octanol–water partition coefficient (Wildman–Crippen LogP) is 4.22. The third kappa shape index (κ3) is 4.58. The lowest BCUT2D eigenvalue weighted by molar-refractivity contribution is 0.174. The fourth-order valence-corrected chi connectivity index (χ4v) is 3.10. The van der Waals surface area contributed by atoms with Crippen molar-refractivity contribution >= 4 is 15.9 Å². The second-order valence-electron chi connectivity index (χ2n) is 5.51. The first-order chi connectivity index (χ1) is 9.97. The molecule has 1 unspecified atom stereocenters. The highest BCUT2D eigenvalue weighted by molar-refractivity contribution is 9.10. The Bertz CT molecular complexity index is 602. The molecule has 21 heavy (non-hydrogen) atoms. The molecule has 2 aromatic rings. The number of aliphatic hydroxyl groups excluding tert-OH is 1. The van der Waals surface area contributed by atoms with E-state index in [0.29, 0.717) is 12.8 Å². The molecule has 0 amide bonds. The van der Waals surface area contributed by atoms with Crippen molar-refractivity contribution in [1.82, 2.24) is 0 Å². The van der Waals surface area contributed by atoms with Crippen LogP contribution in [-0.4, -0.2) is 18.3 Å². The van der Waals surface area contributed by atoms with Crippen molar-refractivity contribution in [3.8, 4) is 5.75 Å². The predicted molar refractivity (Wildman–Crippen MR) is 90.0 cm³/mol. The smallest absolute Gasteiger partial charge is 0.122 e. The number of aliphatic hydroxyl groups is 1. The summed E-state index contributed by atoms with van der Waals surface area (Å²) in [6, 6.07) is 12.3. The molecular weight excluding hydrogens is 328 g/mol. The summed E-state index contributed by atoms with van der Waals surface area (Å²) in [5, 5.41) is 10.4. The van der Waals surface area contributed by atoms with E-state index in [2.05, 4.69) is 48.0 Å². The van der Waals surface area contributed by atoms with Crippen LogP contribution in [0.3, 0.4) is 0 Å². The van der Waals surface area contributed by atoms with Crippen molar-refractivity contribution in [2.75, 3.05) is 7.11 Å². The van der Waals surface area contributed by atoms with E-state index in [1.54, 1.807) is 7.11 Å². The molecule has 0 aliphatic heterocycles. The number of halogens is 1. The minimum atomic E-state index is -0.422. The van der Waals surface area contributed by atoms with Gasteiger partial charge in [0.25, 0.3) is 0 Å². The van der Waals surface area contributed by atoms with E-state index < -0.39 is 6.10 Å². The SMILES string of the molecule is COc1ccc(Br)cc1CC(O)Cc1cc(C)cc(C)c1. The maximum atomic E-state index is 10.4. The Balaban J connectivity index is 2.11. The van der Waals surface area contributed by atoms with Gasteiger partial charge in [0, 0.05) is 10.9 Å². The van der Waals surface area contributed by atoms with Crippen molar-refractivity contribution in [1.29, 1.82) is 0 Å². The fourth-order valence-electron chi connectivity index (χ4n) is 2.69. The van der Waals surface area contributed by atoms with Crippen LogP contribution in [0.5, 0.6) is 5.75 Å². The van der Waals surface area contributed by atoms with E-state index >= 15 is 0 Å². The van der Waals surface area contributed by atoms with Gasteiger partial charge in [-0.1, -0.05) is 45.3 Å². The van der Waals surface area contributed by atoms with Gasteiger partial charge in [0.2, 0.25) is 0 Å². The lowest BCUT2D eigenvalue weighted by atomic mass is 9.98. The molecule has 0 radical (unpaired) electrons. The fraction of sp³-hybridized carbons (Fsp3) is 0.333. The molecule has 0 spiro atoms. The number of methoxy groups -OCH3 is 1. The first-order valence-corrected chi connectivity index (χ1v) is 7.85. The number of benzene rings is 2. The molecule has 2 nitrogen and oxygen atoms in total. The number of ether oxygens (including phenoxy) is 1. The molecular formula is C18H21BrO2. The minimum absolute atomic E-state index is 0.422. The zero-order valence-corrected chi connectivity index (χ0v) is 14.3. The maximum Gasteiger partial charge on any atom is 0.122 e. The molecule has 2 rings (SSSR count). The summed E-state index contributed by atoms with van der Waals surface area (Å²) >= 11 is 3.46. The zero-order valence-electron chi connectivity index (χ0n) is 12.7. The molecule has 0 saturated carbocycles. The lowest BCUT2D eigenvalue weighted by Gasteiger charge is -2.14. The van der Waals surface area contributed by atoms with Crippen molar-refractivity contribution in [3.63, 3.8) is 0 Å². The Morgan fingerprint density at radius 2 is 1.71 bits per heavy atom. The van der Waals surface area contributed by atoms with Crippen LogP contribution in [-0.2, 0) is 12.8 Å². The van der Waals surface area contributed by atoms with Crippen LogP contribution >= 0.6 is 15.9 Å². The second kappa shape index (κ2) is 7.10. The summed E-state index contributed by atoms with van der Waals surface area (Å²) in [5.41, 5.74) is 4.66. The normalized spacial score (nSPS) is 12.2. The largest absolute Gasteiger partial charge is 0.496 e. The van der Waals surface area contributed by atoms with Crippen molar-refractivity contribution in [2.45, 2.75) is 32.8 Å². The van der Waals surface area contributed by atoms with Gasteiger partial charge in [-0.05, 0) is 49.6 Å². The molecule has 0 aliphatic carbocycles. The van der Waals surface area contributed by atoms with E-state index in [0.717, 1.165) is 15.8 Å². The molecule has 1 atom stereocenters. The van der Waals surface area contributed by atoms with E-state index in [1.807, 2.05) is 18.2 Å². The topological polar surface area (TPSA) is 29.5 Å². The molecule has 1 N–H and O–H groups in total. The van der Waals surface area contributed by atoms with Crippen LogP contribution in [0.25, 0.3) is 0 Å². The summed E-state index contributed by atoms with van der Waals surface area (Å²) in [7, 11) is 1.66. The average Bonchev–Trinajstić information content (AvgIpc) is 2.37. The highest BCUT2D eigenvalue weighted by Crippen LogP contribution is 2.25. The number of hydrogen-bond donors (Lipinski definition) is 1. The van der Waals surface area contributed by atoms with Crippen LogP contribution in [0.15, 0.2) is 40.9 Å². The van der Waals surface area contributed by atoms with Crippen molar-refractivity contribution in [3.05, 3.63) is 63.1 Å². The monoisotopic (exact) mass is 348 g/mol. The Hall–Kier alpha value is -1.32. The number of hydrogen-bond acceptors (Lipinski definition) is 2. The molecule has 2 aromatic carbocycles. The van der Waals surface area contributed by atoms with E-state index in [-0.39, 0.29) is 0 Å². The van der Waals surface area contributed by atoms with Gasteiger partial charge in [0.05, 0.1) is 13.2 Å². The summed E-state index contributed by atoms with van der Waals surface area (Å²) in [4.78, 5) is 0.